The molecule has 0 aliphatic carbocycles. The van der Waals surface area contributed by atoms with E-state index in [-0.39, 0.29) is 5.91 Å². The van der Waals surface area contributed by atoms with Gasteiger partial charge >= 0.3 is 0 Å². The zero-order valence-electron chi connectivity index (χ0n) is 15.6. The second-order valence-electron chi connectivity index (χ2n) is 6.61. The first-order valence-electron chi connectivity index (χ1n) is 9.24. The summed E-state index contributed by atoms with van der Waals surface area (Å²) in [7, 11) is 2.08. The van der Waals surface area contributed by atoms with Gasteiger partial charge in [0.15, 0.2) is 0 Å². The summed E-state index contributed by atoms with van der Waals surface area (Å²) in [5.74, 6) is 0.0395. The summed E-state index contributed by atoms with van der Waals surface area (Å²) < 4.78 is 0. The fourth-order valence-electron chi connectivity index (χ4n) is 2.90. The van der Waals surface area contributed by atoms with Crippen molar-refractivity contribution in [2.45, 2.75) is 19.3 Å². The highest BCUT2D eigenvalue weighted by atomic mass is 16.1. The quantitative estimate of drug-likeness (QED) is 0.651. The van der Waals surface area contributed by atoms with Gasteiger partial charge in [0.05, 0.1) is 0 Å². The monoisotopic (exact) mass is 359 g/mol. The normalized spacial score (nSPS) is 10.4. The van der Waals surface area contributed by atoms with Gasteiger partial charge in [-0.05, 0) is 60.4 Å². The van der Waals surface area contributed by atoms with Crippen molar-refractivity contribution >= 4 is 17.3 Å². The number of aromatic nitrogens is 1. The Morgan fingerprint density at radius 2 is 1.56 bits per heavy atom. The van der Waals surface area contributed by atoms with E-state index in [9.17, 15) is 4.79 Å². The fraction of sp³-hybridized carbons (Fsp3) is 0.217. The number of carbonyl (C=O) groups is 1. The van der Waals surface area contributed by atoms with E-state index in [1.165, 1.54) is 11.1 Å². The molecule has 1 aromatic heterocycles. The predicted octanol–water partition coefficient (Wildman–Crippen LogP) is 4.33. The molecule has 1 N–H and O–H groups in total. The maximum Gasteiger partial charge on any atom is 0.224 e. The lowest BCUT2D eigenvalue weighted by molar-refractivity contribution is -0.116. The number of pyridine rings is 1. The zero-order valence-corrected chi connectivity index (χ0v) is 15.6. The molecule has 0 aliphatic rings. The SMILES string of the molecule is CN(CCc1ccncc1)c1ccc(NC(=O)CCc2ccccc2)cc1. The number of rotatable bonds is 8. The Morgan fingerprint density at radius 1 is 0.889 bits per heavy atom. The first-order valence-corrected chi connectivity index (χ1v) is 9.24. The summed E-state index contributed by atoms with van der Waals surface area (Å²) in [6.45, 7) is 0.923. The maximum absolute atomic E-state index is 12.1. The zero-order chi connectivity index (χ0) is 18.9. The van der Waals surface area contributed by atoms with Crippen LogP contribution >= 0.6 is 0 Å². The van der Waals surface area contributed by atoms with Crippen molar-refractivity contribution in [2.24, 2.45) is 0 Å². The van der Waals surface area contributed by atoms with Gasteiger partial charge in [0.1, 0.15) is 0 Å². The van der Waals surface area contributed by atoms with E-state index in [4.69, 9.17) is 0 Å². The van der Waals surface area contributed by atoms with Crippen LogP contribution in [0, 0.1) is 0 Å². The van der Waals surface area contributed by atoms with Gasteiger partial charge in [-0.3, -0.25) is 9.78 Å². The lowest BCUT2D eigenvalue weighted by atomic mass is 10.1. The van der Waals surface area contributed by atoms with Crippen LogP contribution in [0.4, 0.5) is 11.4 Å². The molecule has 0 radical (unpaired) electrons. The molecule has 3 rings (SSSR count). The van der Waals surface area contributed by atoms with Crippen LogP contribution in [0.15, 0.2) is 79.1 Å². The number of anilines is 2. The van der Waals surface area contributed by atoms with Gasteiger partial charge < -0.3 is 10.2 Å². The number of hydrogen-bond donors (Lipinski definition) is 1. The van der Waals surface area contributed by atoms with Gasteiger partial charge in [-0.1, -0.05) is 30.3 Å². The van der Waals surface area contributed by atoms with E-state index < -0.39 is 0 Å². The smallest absolute Gasteiger partial charge is 0.224 e. The minimum atomic E-state index is 0.0395. The number of amides is 1. The maximum atomic E-state index is 12.1. The Labute approximate surface area is 160 Å². The number of nitrogens with one attached hydrogen (secondary N) is 1. The molecular formula is C23H25N3O. The third-order valence-electron chi connectivity index (χ3n) is 4.56. The molecule has 2 aromatic carbocycles. The Balaban J connectivity index is 1.47. The Morgan fingerprint density at radius 3 is 2.26 bits per heavy atom. The molecule has 0 bridgehead atoms. The summed E-state index contributed by atoms with van der Waals surface area (Å²) in [5, 5.41) is 2.97. The summed E-state index contributed by atoms with van der Waals surface area (Å²) in [6.07, 6.45) is 5.85. The van der Waals surface area contributed by atoms with Crippen molar-refractivity contribution in [1.82, 2.24) is 4.98 Å². The summed E-state index contributed by atoms with van der Waals surface area (Å²) in [6, 6.07) is 22.2. The number of likely N-dealkylation sites (N-methyl/N-ethyl adjacent to an activating group) is 1. The highest BCUT2D eigenvalue weighted by Crippen LogP contribution is 2.17. The van der Waals surface area contributed by atoms with E-state index in [0.29, 0.717) is 6.42 Å². The highest BCUT2D eigenvalue weighted by molar-refractivity contribution is 5.91. The van der Waals surface area contributed by atoms with Crippen molar-refractivity contribution < 1.29 is 4.79 Å². The number of benzene rings is 2. The molecule has 1 amide bonds. The average molecular weight is 359 g/mol. The molecule has 3 aromatic rings. The van der Waals surface area contributed by atoms with Crippen LogP contribution in [0.5, 0.6) is 0 Å². The van der Waals surface area contributed by atoms with Crippen molar-refractivity contribution in [1.29, 1.82) is 0 Å². The lowest BCUT2D eigenvalue weighted by Crippen LogP contribution is -2.20. The second-order valence-corrected chi connectivity index (χ2v) is 6.61. The van der Waals surface area contributed by atoms with Crippen LogP contribution in [-0.4, -0.2) is 24.5 Å². The van der Waals surface area contributed by atoms with Gasteiger partial charge in [-0.25, -0.2) is 0 Å². The highest BCUT2D eigenvalue weighted by Gasteiger charge is 2.05. The Hall–Kier alpha value is -3.14. The minimum Gasteiger partial charge on any atom is -0.374 e. The van der Waals surface area contributed by atoms with Crippen molar-refractivity contribution in [3.05, 3.63) is 90.3 Å². The summed E-state index contributed by atoms with van der Waals surface area (Å²) in [5.41, 5.74) is 4.42. The van der Waals surface area contributed by atoms with E-state index >= 15 is 0 Å². The van der Waals surface area contributed by atoms with Crippen LogP contribution in [-0.2, 0) is 17.6 Å². The number of aryl methyl sites for hydroxylation is 1. The molecule has 4 nitrogen and oxygen atoms in total. The number of hydrogen-bond acceptors (Lipinski definition) is 3. The minimum absolute atomic E-state index is 0.0395. The Bertz CT molecular complexity index is 833. The van der Waals surface area contributed by atoms with Crippen LogP contribution in [0.2, 0.25) is 0 Å². The molecule has 0 spiro atoms. The van der Waals surface area contributed by atoms with Crippen molar-refractivity contribution in [3.63, 3.8) is 0 Å². The third-order valence-corrected chi connectivity index (χ3v) is 4.56. The molecule has 4 heteroatoms. The number of nitrogens with zero attached hydrogens (tertiary/aromatic N) is 2. The third kappa shape index (κ3) is 5.96. The molecule has 27 heavy (non-hydrogen) atoms. The molecular weight excluding hydrogens is 334 g/mol. The summed E-state index contributed by atoms with van der Waals surface area (Å²) >= 11 is 0. The van der Waals surface area contributed by atoms with Gasteiger partial charge in [0.2, 0.25) is 5.91 Å². The molecule has 0 fully saturated rings. The lowest BCUT2D eigenvalue weighted by Gasteiger charge is -2.19. The largest absolute Gasteiger partial charge is 0.374 e. The molecule has 1 heterocycles. The van der Waals surface area contributed by atoms with E-state index in [1.807, 2.05) is 79.1 Å². The van der Waals surface area contributed by atoms with Crippen LogP contribution < -0.4 is 10.2 Å². The Kier molecular flexibility index (Phi) is 6.58. The van der Waals surface area contributed by atoms with Gasteiger partial charge in [0.25, 0.3) is 0 Å². The van der Waals surface area contributed by atoms with Gasteiger partial charge in [-0.15, -0.1) is 0 Å². The topological polar surface area (TPSA) is 45.2 Å². The predicted molar refractivity (Wildman–Crippen MR) is 111 cm³/mol. The summed E-state index contributed by atoms with van der Waals surface area (Å²) in [4.78, 5) is 18.4. The second kappa shape index (κ2) is 9.53. The van der Waals surface area contributed by atoms with Gasteiger partial charge in [0, 0.05) is 43.8 Å². The molecule has 0 unspecified atom stereocenters. The van der Waals surface area contributed by atoms with Crippen LogP contribution in [0.1, 0.15) is 17.5 Å². The van der Waals surface area contributed by atoms with Crippen molar-refractivity contribution in [3.8, 4) is 0 Å². The van der Waals surface area contributed by atoms with Crippen molar-refractivity contribution in [2.75, 3.05) is 23.8 Å². The van der Waals surface area contributed by atoms with E-state index in [2.05, 4.69) is 22.2 Å². The number of carbonyl (C=O) groups excluding carboxylic acids is 1. The standard InChI is InChI=1S/C23H25N3O/c1-26(18-15-20-13-16-24-17-14-20)22-10-8-21(9-11-22)25-23(27)12-7-19-5-3-2-4-6-19/h2-6,8-11,13-14,16-17H,7,12,15,18H2,1H3,(H,25,27). The van der Waals surface area contributed by atoms with E-state index in [1.54, 1.807) is 0 Å². The first-order chi connectivity index (χ1) is 13.2. The first kappa shape index (κ1) is 18.6. The van der Waals surface area contributed by atoms with E-state index in [0.717, 1.165) is 30.8 Å². The molecule has 0 saturated heterocycles. The fourth-order valence-corrected chi connectivity index (χ4v) is 2.90. The molecule has 0 atom stereocenters. The molecule has 0 aliphatic heterocycles. The van der Waals surface area contributed by atoms with Crippen LogP contribution in [0.3, 0.4) is 0 Å². The molecule has 0 saturated carbocycles. The average Bonchev–Trinajstić information content (AvgIpc) is 2.72. The molecule has 138 valence electrons. The van der Waals surface area contributed by atoms with Crippen LogP contribution in [0.25, 0.3) is 0 Å². The van der Waals surface area contributed by atoms with Gasteiger partial charge in [-0.2, -0.15) is 0 Å².